The summed E-state index contributed by atoms with van der Waals surface area (Å²) in [5.41, 5.74) is 3.33. The number of nitrogens with zero attached hydrogens (tertiary/aromatic N) is 2. The van der Waals surface area contributed by atoms with E-state index >= 15 is 0 Å². The van der Waals surface area contributed by atoms with Crippen molar-refractivity contribution in [3.05, 3.63) is 44.7 Å². The molecule has 0 saturated heterocycles. The van der Waals surface area contributed by atoms with Crippen LogP contribution < -0.4 is 5.32 Å². The van der Waals surface area contributed by atoms with E-state index in [1.54, 1.807) is 12.1 Å². The molecule has 0 saturated carbocycles. The van der Waals surface area contributed by atoms with Gasteiger partial charge in [-0.1, -0.05) is 34.8 Å². The molecule has 1 aromatic heterocycles. The Morgan fingerprint density at radius 2 is 1.95 bits per heavy atom. The summed E-state index contributed by atoms with van der Waals surface area (Å²) in [7, 11) is 1.98. The molecule has 0 aliphatic heterocycles. The van der Waals surface area contributed by atoms with Gasteiger partial charge >= 0.3 is 0 Å². The molecule has 1 N–H and O–H groups in total. The smallest absolute Gasteiger partial charge is 0.0653 e. The number of rotatable bonds is 2. The first kappa shape index (κ1) is 14.1. The average Bonchev–Trinajstić information content (AvgIpc) is 2.79. The normalized spacial score (nSPS) is 17.9. The van der Waals surface area contributed by atoms with Gasteiger partial charge in [0.25, 0.3) is 0 Å². The van der Waals surface area contributed by atoms with Crippen molar-refractivity contribution in [1.29, 1.82) is 0 Å². The van der Waals surface area contributed by atoms with Crippen molar-refractivity contribution in [3.63, 3.8) is 0 Å². The third-order valence-corrected chi connectivity index (χ3v) is 4.75. The Hall–Kier alpha value is -0.900. The van der Waals surface area contributed by atoms with Gasteiger partial charge in [-0.25, -0.2) is 0 Å². The molecule has 1 aliphatic rings. The Morgan fingerprint density at radius 3 is 2.75 bits per heavy atom. The lowest BCUT2D eigenvalue weighted by atomic mass is 9.93. The summed E-state index contributed by atoms with van der Waals surface area (Å²) in [6.07, 6.45) is 5.18. The second-order valence-corrected chi connectivity index (χ2v) is 6.23. The Bertz CT molecular complexity index is 651. The highest BCUT2D eigenvalue weighted by atomic mass is 35.5. The van der Waals surface area contributed by atoms with Crippen LogP contribution in [-0.2, 0) is 13.5 Å². The number of fused-ring (bicyclic) bond motifs is 1. The fraction of sp³-hybridized carbons (Fsp3) is 0.357. The molecular formula is C14H14Cl3N3. The van der Waals surface area contributed by atoms with E-state index in [1.165, 1.54) is 11.3 Å². The predicted molar refractivity (Wildman–Crippen MR) is 84.0 cm³/mol. The first-order valence-electron chi connectivity index (χ1n) is 6.48. The van der Waals surface area contributed by atoms with Crippen molar-refractivity contribution in [1.82, 2.24) is 9.78 Å². The second-order valence-electron chi connectivity index (χ2n) is 5.01. The summed E-state index contributed by atoms with van der Waals surface area (Å²) in [4.78, 5) is 0. The predicted octanol–water partition coefficient (Wildman–Crippen LogP) is 4.87. The number of hydrogen-bond acceptors (Lipinski definition) is 2. The lowest BCUT2D eigenvalue weighted by Gasteiger charge is -2.25. The molecule has 2 aromatic rings. The van der Waals surface area contributed by atoms with E-state index in [9.17, 15) is 0 Å². The third kappa shape index (κ3) is 2.50. The first-order valence-corrected chi connectivity index (χ1v) is 7.61. The maximum Gasteiger partial charge on any atom is 0.0653 e. The van der Waals surface area contributed by atoms with E-state index < -0.39 is 0 Å². The SMILES string of the molecule is Cn1ncc2c1CCCC2Nc1cc(Cl)c(Cl)cc1Cl. The van der Waals surface area contributed by atoms with Crippen LogP contribution in [0.15, 0.2) is 18.3 Å². The molecule has 106 valence electrons. The molecule has 0 spiro atoms. The van der Waals surface area contributed by atoms with Crippen molar-refractivity contribution < 1.29 is 0 Å². The van der Waals surface area contributed by atoms with E-state index in [4.69, 9.17) is 34.8 Å². The largest absolute Gasteiger partial charge is 0.377 e. The van der Waals surface area contributed by atoms with Crippen molar-refractivity contribution in [2.45, 2.75) is 25.3 Å². The molecule has 20 heavy (non-hydrogen) atoms. The van der Waals surface area contributed by atoms with E-state index in [0.29, 0.717) is 15.1 Å². The van der Waals surface area contributed by atoms with Crippen molar-refractivity contribution >= 4 is 40.5 Å². The Kier molecular flexibility index (Phi) is 3.85. The van der Waals surface area contributed by atoms with Crippen LogP contribution >= 0.6 is 34.8 Å². The molecule has 0 amide bonds. The van der Waals surface area contributed by atoms with E-state index in [-0.39, 0.29) is 6.04 Å². The van der Waals surface area contributed by atoms with Crippen LogP contribution in [0.1, 0.15) is 30.1 Å². The highest BCUT2D eigenvalue weighted by molar-refractivity contribution is 6.44. The molecular weight excluding hydrogens is 317 g/mol. The molecule has 0 fully saturated rings. The number of anilines is 1. The molecule has 3 nitrogen and oxygen atoms in total. The van der Waals surface area contributed by atoms with Crippen molar-refractivity contribution in [3.8, 4) is 0 Å². The topological polar surface area (TPSA) is 29.9 Å². The number of hydrogen-bond donors (Lipinski definition) is 1. The number of aromatic nitrogens is 2. The maximum atomic E-state index is 6.23. The second kappa shape index (κ2) is 5.47. The number of aryl methyl sites for hydroxylation is 1. The summed E-state index contributed by atoms with van der Waals surface area (Å²) in [5.74, 6) is 0. The van der Waals surface area contributed by atoms with Crippen LogP contribution in [0.5, 0.6) is 0 Å². The Balaban J connectivity index is 1.91. The Morgan fingerprint density at radius 1 is 1.20 bits per heavy atom. The summed E-state index contributed by atoms with van der Waals surface area (Å²) >= 11 is 18.2. The van der Waals surface area contributed by atoms with E-state index in [0.717, 1.165) is 24.9 Å². The number of benzene rings is 1. The van der Waals surface area contributed by atoms with Crippen LogP contribution in [0.25, 0.3) is 0 Å². The molecule has 1 atom stereocenters. The van der Waals surface area contributed by atoms with Gasteiger partial charge in [-0.3, -0.25) is 4.68 Å². The van der Waals surface area contributed by atoms with Crippen LogP contribution in [0.3, 0.4) is 0 Å². The summed E-state index contributed by atoms with van der Waals surface area (Å²) in [6.45, 7) is 0. The number of nitrogens with one attached hydrogen (secondary N) is 1. The van der Waals surface area contributed by atoms with Crippen LogP contribution in [-0.4, -0.2) is 9.78 Å². The summed E-state index contributed by atoms with van der Waals surface area (Å²) < 4.78 is 1.94. The quantitative estimate of drug-likeness (QED) is 0.796. The lowest BCUT2D eigenvalue weighted by Crippen LogP contribution is -2.18. The fourth-order valence-electron chi connectivity index (χ4n) is 2.68. The fourth-order valence-corrected chi connectivity index (χ4v) is 3.28. The average molecular weight is 331 g/mol. The van der Waals surface area contributed by atoms with Crippen molar-refractivity contribution in [2.75, 3.05) is 5.32 Å². The first-order chi connectivity index (χ1) is 9.56. The lowest BCUT2D eigenvalue weighted by molar-refractivity contribution is 0.571. The minimum absolute atomic E-state index is 0.210. The van der Waals surface area contributed by atoms with Gasteiger partial charge in [0.15, 0.2) is 0 Å². The van der Waals surface area contributed by atoms with Gasteiger partial charge in [0.2, 0.25) is 0 Å². The standard InChI is InChI=1S/C14H14Cl3N3/c1-20-14-4-2-3-12(8(14)7-18-20)19-13-6-10(16)9(15)5-11(13)17/h5-7,12,19H,2-4H2,1H3. The molecule has 1 heterocycles. The molecule has 1 unspecified atom stereocenters. The molecule has 1 aliphatic carbocycles. The maximum absolute atomic E-state index is 6.23. The van der Waals surface area contributed by atoms with Gasteiger partial charge in [0, 0.05) is 18.3 Å². The van der Waals surface area contributed by atoms with E-state index in [1.807, 2.05) is 17.9 Å². The minimum atomic E-state index is 0.210. The molecule has 0 bridgehead atoms. The van der Waals surface area contributed by atoms with E-state index in [2.05, 4.69) is 10.4 Å². The molecule has 1 aromatic carbocycles. The highest BCUT2D eigenvalue weighted by Gasteiger charge is 2.24. The monoisotopic (exact) mass is 329 g/mol. The Labute approximate surface area is 132 Å². The zero-order valence-corrected chi connectivity index (χ0v) is 13.2. The van der Waals surface area contributed by atoms with Gasteiger partial charge in [0.05, 0.1) is 33.0 Å². The van der Waals surface area contributed by atoms with Crippen LogP contribution in [0.2, 0.25) is 15.1 Å². The molecule has 6 heteroatoms. The van der Waals surface area contributed by atoms with Gasteiger partial charge in [-0.15, -0.1) is 0 Å². The molecule has 0 radical (unpaired) electrons. The zero-order chi connectivity index (χ0) is 14.3. The van der Waals surface area contributed by atoms with Crippen molar-refractivity contribution in [2.24, 2.45) is 7.05 Å². The van der Waals surface area contributed by atoms with Gasteiger partial charge in [0.1, 0.15) is 0 Å². The summed E-state index contributed by atoms with van der Waals surface area (Å²) in [5, 5.41) is 9.34. The zero-order valence-electron chi connectivity index (χ0n) is 11.0. The van der Waals surface area contributed by atoms with Gasteiger partial charge in [-0.2, -0.15) is 5.10 Å². The number of halogens is 3. The highest BCUT2D eigenvalue weighted by Crippen LogP contribution is 2.37. The summed E-state index contributed by atoms with van der Waals surface area (Å²) in [6, 6.07) is 3.65. The minimum Gasteiger partial charge on any atom is -0.377 e. The van der Waals surface area contributed by atoms with Gasteiger partial charge in [-0.05, 0) is 31.4 Å². The third-order valence-electron chi connectivity index (χ3n) is 3.72. The molecule has 3 rings (SSSR count). The van der Waals surface area contributed by atoms with Crippen LogP contribution in [0.4, 0.5) is 5.69 Å². The van der Waals surface area contributed by atoms with Crippen LogP contribution in [0, 0.1) is 0 Å². The van der Waals surface area contributed by atoms with Gasteiger partial charge < -0.3 is 5.32 Å².